The van der Waals surface area contributed by atoms with Gasteiger partial charge >= 0.3 is 6.09 Å². The third-order valence-electron chi connectivity index (χ3n) is 1.69. The molecule has 0 saturated carbocycles. The van der Waals surface area contributed by atoms with Crippen LogP contribution in [0.3, 0.4) is 0 Å². The van der Waals surface area contributed by atoms with E-state index < -0.39 is 11.7 Å². The highest BCUT2D eigenvalue weighted by Crippen LogP contribution is 2.21. The number of nitrogens with one attached hydrogen (secondary N) is 1. The zero-order valence-corrected chi connectivity index (χ0v) is 10.6. The van der Waals surface area contributed by atoms with Gasteiger partial charge in [-0.05, 0) is 39.8 Å². The normalized spacial score (nSPS) is 10.8. The number of pyridine rings is 1. The van der Waals surface area contributed by atoms with Gasteiger partial charge in [0.2, 0.25) is 5.88 Å². The molecule has 1 rings (SSSR count). The van der Waals surface area contributed by atoms with E-state index in [2.05, 4.69) is 10.3 Å². The molecule has 1 aromatic heterocycles. The largest absolute Gasteiger partial charge is 0.476 e. The first-order valence-corrected chi connectivity index (χ1v) is 5.50. The molecule has 0 spiro atoms. The van der Waals surface area contributed by atoms with Crippen molar-refractivity contribution in [1.29, 1.82) is 0 Å². The van der Waals surface area contributed by atoms with Crippen molar-refractivity contribution in [2.45, 2.75) is 33.3 Å². The fraction of sp³-hybridized carbons (Fsp3) is 0.500. The number of anilines is 1. The molecule has 0 fully saturated rings. The number of carbonyl (C=O) groups excluding carboxylic acids is 1. The summed E-state index contributed by atoms with van der Waals surface area (Å²) in [6.07, 6.45) is 1.08. The van der Waals surface area contributed by atoms with E-state index in [4.69, 9.17) is 9.47 Å². The molecule has 1 amide bonds. The van der Waals surface area contributed by atoms with Crippen LogP contribution >= 0.6 is 0 Å². The van der Waals surface area contributed by atoms with Crippen molar-refractivity contribution in [2.24, 2.45) is 0 Å². The van der Waals surface area contributed by atoms with Gasteiger partial charge in [0.25, 0.3) is 0 Å². The summed E-state index contributed by atoms with van der Waals surface area (Å²) >= 11 is 0. The van der Waals surface area contributed by atoms with Crippen LogP contribution in [0.1, 0.15) is 27.7 Å². The van der Waals surface area contributed by atoms with Gasteiger partial charge in [-0.15, -0.1) is 0 Å². The van der Waals surface area contributed by atoms with Gasteiger partial charge in [0.1, 0.15) is 11.3 Å². The molecule has 1 heterocycles. The number of carbonyl (C=O) groups is 1. The number of rotatable bonds is 3. The van der Waals surface area contributed by atoms with Crippen molar-refractivity contribution in [2.75, 3.05) is 11.9 Å². The standard InChI is InChI=1S/C12H18N2O3/c1-5-16-10-9(7-6-8-13-10)14-11(15)17-12(2,3)4/h6-8H,5H2,1-4H3,(H,14,15). The Bertz CT molecular complexity index is 386. The first-order valence-electron chi connectivity index (χ1n) is 5.50. The second-order valence-electron chi connectivity index (χ2n) is 4.42. The van der Waals surface area contributed by atoms with Crippen LogP contribution in [0.5, 0.6) is 5.88 Å². The Hall–Kier alpha value is -1.78. The maximum absolute atomic E-state index is 11.6. The summed E-state index contributed by atoms with van der Waals surface area (Å²) < 4.78 is 10.4. The average Bonchev–Trinajstić information content (AvgIpc) is 2.18. The number of ether oxygens (including phenoxy) is 2. The second kappa shape index (κ2) is 5.52. The van der Waals surface area contributed by atoms with E-state index >= 15 is 0 Å². The predicted octanol–water partition coefficient (Wildman–Crippen LogP) is 2.83. The molecule has 0 saturated heterocycles. The van der Waals surface area contributed by atoms with Crippen molar-refractivity contribution >= 4 is 11.8 Å². The Morgan fingerprint density at radius 3 is 2.76 bits per heavy atom. The monoisotopic (exact) mass is 238 g/mol. The van der Waals surface area contributed by atoms with E-state index in [1.807, 2.05) is 6.92 Å². The lowest BCUT2D eigenvalue weighted by atomic mass is 10.2. The van der Waals surface area contributed by atoms with Gasteiger partial charge in [0.15, 0.2) is 0 Å². The van der Waals surface area contributed by atoms with Gasteiger partial charge in [-0.2, -0.15) is 0 Å². The smallest absolute Gasteiger partial charge is 0.412 e. The summed E-state index contributed by atoms with van der Waals surface area (Å²) in [5, 5.41) is 2.60. The van der Waals surface area contributed by atoms with Crippen LogP contribution in [0.4, 0.5) is 10.5 Å². The van der Waals surface area contributed by atoms with Crippen LogP contribution in [0.2, 0.25) is 0 Å². The summed E-state index contributed by atoms with van der Waals surface area (Å²) in [4.78, 5) is 15.6. The highest BCUT2D eigenvalue weighted by atomic mass is 16.6. The van der Waals surface area contributed by atoms with Crippen LogP contribution in [-0.4, -0.2) is 23.3 Å². The molecule has 0 unspecified atom stereocenters. The van der Waals surface area contributed by atoms with Gasteiger partial charge in [0, 0.05) is 6.20 Å². The van der Waals surface area contributed by atoms with Crippen LogP contribution in [0, 0.1) is 0 Å². The lowest BCUT2D eigenvalue weighted by Gasteiger charge is -2.20. The zero-order valence-electron chi connectivity index (χ0n) is 10.6. The molecule has 5 heteroatoms. The van der Waals surface area contributed by atoms with E-state index in [1.54, 1.807) is 39.1 Å². The van der Waals surface area contributed by atoms with Gasteiger partial charge < -0.3 is 9.47 Å². The van der Waals surface area contributed by atoms with Gasteiger partial charge in [0.05, 0.1) is 6.61 Å². The first-order chi connectivity index (χ1) is 7.92. The maximum atomic E-state index is 11.6. The molecular weight excluding hydrogens is 220 g/mol. The summed E-state index contributed by atoms with van der Waals surface area (Å²) in [6.45, 7) is 7.75. The van der Waals surface area contributed by atoms with Crippen molar-refractivity contribution in [3.8, 4) is 5.88 Å². The van der Waals surface area contributed by atoms with Crippen LogP contribution in [-0.2, 0) is 4.74 Å². The molecular formula is C12H18N2O3. The second-order valence-corrected chi connectivity index (χ2v) is 4.42. The third kappa shape index (κ3) is 4.72. The quantitative estimate of drug-likeness (QED) is 0.879. The lowest BCUT2D eigenvalue weighted by molar-refractivity contribution is 0.0635. The van der Waals surface area contributed by atoms with Gasteiger partial charge in [-0.25, -0.2) is 9.78 Å². The minimum Gasteiger partial charge on any atom is -0.476 e. The highest BCUT2D eigenvalue weighted by molar-refractivity contribution is 5.86. The summed E-state index contributed by atoms with van der Waals surface area (Å²) in [5.41, 5.74) is -0.0264. The highest BCUT2D eigenvalue weighted by Gasteiger charge is 2.17. The fourth-order valence-corrected chi connectivity index (χ4v) is 1.15. The van der Waals surface area contributed by atoms with E-state index in [9.17, 15) is 4.79 Å². The minimum absolute atomic E-state index is 0.390. The van der Waals surface area contributed by atoms with Crippen LogP contribution in [0.25, 0.3) is 0 Å². The van der Waals surface area contributed by atoms with Crippen molar-refractivity contribution in [1.82, 2.24) is 4.98 Å². The topological polar surface area (TPSA) is 60.5 Å². The Labute approximate surface area is 101 Å². The number of hydrogen-bond acceptors (Lipinski definition) is 4. The molecule has 0 aromatic carbocycles. The van der Waals surface area contributed by atoms with Crippen LogP contribution < -0.4 is 10.1 Å². The summed E-state index contributed by atoms with van der Waals surface area (Å²) in [7, 11) is 0. The van der Waals surface area contributed by atoms with Gasteiger partial charge in [-0.1, -0.05) is 0 Å². The fourth-order valence-electron chi connectivity index (χ4n) is 1.15. The molecule has 0 aliphatic heterocycles. The van der Waals surface area contributed by atoms with E-state index in [0.717, 1.165) is 0 Å². The molecule has 1 aromatic rings. The van der Waals surface area contributed by atoms with Gasteiger partial charge in [-0.3, -0.25) is 5.32 Å². The molecule has 0 aliphatic rings. The number of hydrogen-bond donors (Lipinski definition) is 1. The molecule has 0 atom stereocenters. The Kier molecular flexibility index (Phi) is 4.31. The van der Waals surface area contributed by atoms with Crippen molar-refractivity contribution in [3.63, 3.8) is 0 Å². The Balaban J connectivity index is 2.71. The van der Waals surface area contributed by atoms with E-state index in [-0.39, 0.29) is 0 Å². The summed E-state index contributed by atoms with van der Waals surface area (Å²) in [5.74, 6) is 0.390. The van der Waals surface area contributed by atoms with Crippen molar-refractivity contribution in [3.05, 3.63) is 18.3 Å². The van der Waals surface area contributed by atoms with E-state index in [0.29, 0.717) is 18.2 Å². The predicted molar refractivity (Wildman–Crippen MR) is 65.3 cm³/mol. The number of nitrogens with zero attached hydrogens (tertiary/aromatic N) is 1. The third-order valence-corrected chi connectivity index (χ3v) is 1.69. The molecule has 0 aliphatic carbocycles. The molecule has 17 heavy (non-hydrogen) atoms. The average molecular weight is 238 g/mol. The van der Waals surface area contributed by atoms with E-state index in [1.165, 1.54) is 0 Å². The SMILES string of the molecule is CCOc1ncccc1NC(=O)OC(C)(C)C. The number of aromatic nitrogens is 1. The molecule has 1 N–H and O–H groups in total. The van der Waals surface area contributed by atoms with Crippen LogP contribution in [0.15, 0.2) is 18.3 Å². The Morgan fingerprint density at radius 1 is 1.47 bits per heavy atom. The lowest BCUT2D eigenvalue weighted by Crippen LogP contribution is -2.27. The molecule has 94 valence electrons. The molecule has 0 bridgehead atoms. The maximum Gasteiger partial charge on any atom is 0.412 e. The Morgan fingerprint density at radius 2 is 2.18 bits per heavy atom. The van der Waals surface area contributed by atoms with Crippen molar-refractivity contribution < 1.29 is 14.3 Å². The first kappa shape index (κ1) is 13.3. The molecule has 5 nitrogen and oxygen atoms in total. The number of amides is 1. The zero-order chi connectivity index (χ0) is 12.9. The summed E-state index contributed by atoms with van der Waals surface area (Å²) in [6, 6.07) is 3.43. The molecule has 0 radical (unpaired) electrons. The minimum atomic E-state index is -0.530.